The minimum absolute atomic E-state index is 0.0331. The highest BCUT2D eigenvalue weighted by Crippen LogP contribution is 2.47. The van der Waals surface area contributed by atoms with Crippen molar-refractivity contribution >= 4 is 0 Å². The maximum absolute atomic E-state index is 9.45. The minimum atomic E-state index is -0.526. The highest BCUT2D eigenvalue weighted by molar-refractivity contribution is 5.41. The molecule has 0 radical (unpaired) electrons. The Labute approximate surface area is 89.1 Å². The topological polar surface area (TPSA) is 64.1 Å². The van der Waals surface area contributed by atoms with Crippen LogP contribution in [0.3, 0.4) is 0 Å². The number of aliphatic hydroxyl groups is 1. The molecule has 1 atom stereocenters. The molecule has 1 fully saturated rings. The van der Waals surface area contributed by atoms with E-state index in [-0.39, 0.29) is 6.61 Å². The van der Waals surface area contributed by atoms with Crippen LogP contribution in [0.4, 0.5) is 0 Å². The first-order chi connectivity index (χ1) is 7.15. The summed E-state index contributed by atoms with van der Waals surface area (Å²) in [7, 11) is 1.99. The molecule has 1 aromatic heterocycles. The summed E-state index contributed by atoms with van der Waals surface area (Å²) in [6, 6.07) is 0. The molecular weight excluding hydrogens is 190 g/mol. The van der Waals surface area contributed by atoms with Crippen LogP contribution in [0.5, 0.6) is 0 Å². The molecule has 0 saturated heterocycles. The molecule has 2 aliphatic rings. The van der Waals surface area contributed by atoms with Gasteiger partial charge in [-0.15, -0.1) is 0 Å². The van der Waals surface area contributed by atoms with Gasteiger partial charge in [-0.2, -0.15) is 5.10 Å². The summed E-state index contributed by atoms with van der Waals surface area (Å²) in [5.41, 5.74) is 9.25. The molecule has 1 saturated carbocycles. The fourth-order valence-electron chi connectivity index (χ4n) is 2.76. The number of nitrogens with zero attached hydrogens (tertiary/aromatic N) is 2. The van der Waals surface area contributed by atoms with Gasteiger partial charge in [0, 0.05) is 24.2 Å². The first-order valence-corrected chi connectivity index (χ1v) is 5.62. The maximum atomic E-state index is 9.45. The summed E-state index contributed by atoms with van der Waals surface area (Å²) in [6.45, 7) is 0.0331. The van der Waals surface area contributed by atoms with Crippen LogP contribution in [-0.4, -0.2) is 21.5 Å². The van der Waals surface area contributed by atoms with Gasteiger partial charge >= 0.3 is 0 Å². The molecule has 3 N–H and O–H groups in total. The standard InChI is InChI=1S/C11H17N3O/c1-14-10(7-2-3-7)9-8(13-14)4-5-11(9,12)6-15/h7,15H,2-6,12H2,1H3. The van der Waals surface area contributed by atoms with Crippen molar-refractivity contribution in [2.75, 3.05) is 6.61 Å². The Hall–Kier alpha value is -0.870. The molecule has 4 nitrogen and oxygen atoms in total. The summed E-state index contributed by atoms with van der Waals surface area (Å²) in [6.07, 6.45) is 4.23. The lowest BCUT2D eigenvalue weighted by Gasteiger charge is -2.23. The molecule has 0 spiro atoms. The average Bonchev–Trinajstić information content (AvgIpc) is 2.92. The van der Waals surface area contributed by atoms with Gasteiger partial charge in [-0.25, -0.2) is 0 Å². The number of hydrogen-bond acceptors (Lipinski definition) is 3. The van der Waals surface area contributed by atoms with Gasteiger partial charge in [0.1, 0.15) is 0 Å². The average molecular weight is 207 g/mol. The van der Waals surface area contributed by atoms with Crippen molar-refractivity contribution in [2.24, 2.45) is 12.8 Å². The summed E-state index contributed by atoms with van der Waals surface area (Å²) >= 11 is 0. The normalized spacial score (nSPS) is 29.5. The summed E-state index contributed by atoms with van der Waals surface area (Å²) in [4.78, 5) is 0. The van der Waals surface area contributed by atoms with Crippen LogP contribution in [0.2, 0.25) is 0 Å². The van der Waals surface area contributed by atoms with Crippen LogP contribution >= 0.6 is 0 Å². The molecule has 0 aromatic carbocycles. The third kappa shape index (κ3) is 1.18. The van der Waals surface area contributed by atoms with E-state index in [4.69, 9.17) is 5.73 Å². The number of fused-ring (bicyclic) bond motifs is 1. The predicted octanol–water partition coefficient (Wildman–Crippen LogP) is 0.390. The minimum Gasteiger partial charge on any atom is -0.394 e. The van der Waals surface area contributed by atoms with Crippen molar-refractivity contribution < 1.29 is 5.11 Å². The zero-order chi connectivity index (χ0) is 10.6. The van der Waals surface area contributed by atoms with Crippen molar-refractivity contribution in [3.63, 3.8) is 0 Å². The molecule has 1 aromatic rings. The van der Waals surface area contributed by atoms with Crippen molar-refractivity contribution in [1.82, 2.24) is 9.78 Å². The molecule has 0 amide bonds. The van der Waals surface area contributed by atoms with Crippen LogP contribution in [0.15, 0.2) is 0 Å². The first kappa shape index (κ1) is 9.36. The molecule has 4 heteroatoms. The van der Waals surface area contributed by atoms with Crippen LogP contribution in [0.25, 0.3) is 0 Å². The van der Waals surface area contributed by atoms with Gasteiger partial charge in [0.15, 0.2) is 0 Å². The number of aryl methyl sites for hydroxylation is 2. The molecule has 0 aliphatic heterocycles. The largest absolute Gasteiger partial charge is 0.394 e. The Morgan fingerprint density at radius 3 is 2.93 bits per heavy atom. The fraction of sp³-hybridized carbons (Fsp3) is 0.727. The Morgan fingerprint density at radius 1 is 1.60 bits per heavy atom. The highest BCUT2D eigenvalue weighted by Gasteiger charge is 2.43. The van der Waals surface area contributed by atoms with E-state index in [1.807, 2.05) is 11.7 Å². The van der Waals surface area contributed by atoms with Gasteiger partial charge in [0.05, 0.1) is 17.8 Å². The highest BCUT2D eigenvalue weighted by atomic mass is 16.3. The lowest BCUT2D eigenvalue weighted by molar-refractivity contribution is 0.195. The zero-order valence-corrected chi connectivity index (χ0v) is 9.03. The molecule has 1 heterocycles. The monoisotopic (exact) mass is 207 g/mol. The smallest absolute Gasteiger partial charge is 0.0684 e. The third-order valence-corrected chi connectivity index (χ3v) is 3.72. The van der Waals surface area contributed by atoms with Crippen LogP contribution in [0, 0.1) is 0 Å². The van der Waals surface area contributed by atoms with Gasteiger partial charge in [0.2, 0.25) is 0 Å². The van der Waals surface area contributed by atoms with Crippen molar-refractivity contribution in [1.29, 1.82) is 0 Å². The van der Waals surface area contributed by atoms with E-state index in [2.05, 4.69) is 5.10 Å². The molecule has 15 heavy (non-hydrogen) atoms. The summed E-state index contributed by atoms with van der Waals surface area (Å²) in [5.74, 6) is 0.638. The molecule has 1 unspecified atom stereocenters. The van der Waals surface area contributed by atoms with E-state index < -0.39 is 5.54 Å². The van der Waals surface area contributed by atoms with E-state index in [0.717, 1.165) is 24.1 Å². The van der Waals surface area contributed by atoms with E-state index >= 15 is 0 Å². The van der Waals surface area contributed by atoms with E-state index in [9.17, 15) is 5.11 Å². The number of hydrogen-bond donors (Lipinski definition) is 2. The third-order valence-electron chi connectivity index (χ3n) is 3.72. The zero-order valence-electron chi connectivity index (χ0n) is 9.03. The summed E-state index contributed by atoms with van der Waals surface area (Å²) in [5, 5.41) is 14.0. The van der Waals surface area contributed by atoms with Crippen LogP contribution in [0.1, 0.15) is 42.1 Å². The van der Waals surface area contributed by atoms with Crippen LogP contribution < -0.4 is 5.73 Å². The second kappa shape index (κ2) is 2.83. The lowest BCUT2D eigenvalue weighted by Crippen LogP contribution is -2.38. The SMILES string of the molecule is Cn1nc2c(c1C1CC1)C(N)(CO)CC2. The van der Waals surface area contributed by atoms with Gasteiger partial charge in [-0.05, 0) is 25.7 Å². The number of aliphatic hydroxyl groups excluding tert-OH is 1. The van der Waals surface area contributed by atoms with E-state index in [1.54, 1.807) is 0 Å². The second-order valence-corrected chi connectivity index (χ2v) is 4.92. The quantitative estimate of drug-likeness (QED) is 0.737. The molecule has 0 bridgehead atoms. The molecule has 3 rings (SSSR count). The molecular formula is C11H17N3O. The Kier molecular flexibility index (Phi) is 1.77. The van der Waals surface area contributed by atoms with Gasteiger partial charge in [-0.1, -0.05) is 0 Å². The number of rotatable bonds is 2. The lowest BCUT2D eigenvalue weighted by atomic mass is 9.92. The molecule has 2 aliphatic carbocycles. The second-order valence-electron chi connectivity index (χ2n) is 4.92. The van der Waals surface area contributed by atoms with Crippen molar-refractivity contribution in [3.05, 3.63) is 17.0 Å². The Morgan fingerprint density at radius 2 is 2.33 bits per heavy atom. The Balaban J connectivity index is 2.16. The first-order valence-electron chi connectivity index (χ1n) is 5.62. The van der Waals surface area contributed by atoms with Gasteiger partial charge in [0.25, 0.3) is 0 Å². The van der Waals surface area contributed by atoms with E-state index in [0.29, 0.717) is 5.92 Å². The van der Waals surface area contributed by atoms with E-state index in [1.165, 1.54) is 18.5 Å². The molecule has 82 valence electrons. The maximum Gasteiger partial charge on any atom is 0.0684 e. The Bertz CT molecular complexity index is 408. The van der Waals surface area contributed by atoms with Gasteiger partial charge < -0.3 is 10.8 Å². The predicted molar refractivity (Wildman–Crippen MR) is 56.5 cm³/mol. The summed E-state index contributed by atoms with van der Waals surface area (Å²) < 4.78 is 1.97. The number of aromatic nitrogens is 2. The van der Waals surface area contributed by atoms with Crippen molar-refractivity contribution in [2.45, 2.75) is 37.1 Å². The van der Waals surface area contributed by atoms with Crippen LogP contribution in [-0.2, 0) is 19.0 Å². The van der Waals surface area contributed by atoms with Crippen molar-refractivity contribution in [3.8, 4) is 0 Å². The number of nitrogens with two attached hydrogens (primary N) is 1. The van der Waals surface area contributed by atoms with Gasteiger partial charge in [-0.3, -0.25) is 4.68 Å². The fourth-order valence-corrected chi connectivity index (χ4v) is 2.76.